The molecule has 6 heteroatoms. The van der Waals surface area contributed by atoms with Gasteiger partial charge in [0, 0.05) is 18.6 Å². The molecule has 1 heterocycles. The van der Waals surface area contributed by atoms with Crippen molar-refractivity contribution in [1.29, 1.82) is 0 Å². The van der Waals surface area contributed by atoms with E-state index >= 15 is 0 Å². The van der Waals surface area contributed by atoms with Gasteiger partial charge in [0.2, 0.25) is 11.8 Å². The number of carbonyl (C=O) groups is 2. The number of piperidine rings is 1. The number of nitrogens with one attached hydrogen (secondary N) is 1. The predicted molar refractivity (Wildman–Crippen MR) is 62.3 cm³/mol. The number of benzene rings is 1. The van der Waals surface area contributed by atoms with Crippen molar-refractivity contribution < 1.29 is 23.5 Å². The van der Waals surface area contributed by atoms with E-state index in [0.29, 0.717) is 5.56 Å². The lowest BCUT2D eigenvalue weighted by atomic mass is 9.89. The number of imide groups is 1. The van der Waals surface area contributed by atoms with Crippen molar-refractivity contribution in [2.24, 2.45) is 0 Å². The van der Waals surface area contributed by atoms with E-state index in [2.05, 4.69) is 5.32 Å². The third-order valence-electron chi connectivity index (χ3n) is 3.13. The Morgan fingerprint density at radius 2 is 1.89 bits per heavy atom. The smallest absolute Gasteiger partial charge is 0.234 e. The summed E-state index contributed by atoms with van der Waals surface area (Å²) in [6.45, 7) is -0.212. The summed E-state index contributed by atoms with van der Waals surface area (Å²) in [6, 6.07) is 2.22. The second-order valence-electron chi connectivity index (χ2n) is 4.45. The molecule has 1 aromatic carbocycles. The standard InChI is InChI=1S/C13H13F2NO3/c14-9-5-7(3-4-17)6-10(15)12(9)8-1-2-11(18)16-13(8)19/h5-6,8,17H,1-4H2,(H,16,18,19)/t8-/m0/s1. The van der Waals surface area contributed by atoms with Crippen molar-refractivity contribution >= 4 is 11.8 Å². The Labute approximate surface area is 108 Å². The zero-order chi connectivity index (χ0) is 14.0. The van der Waals surface area contributed by atoms with Gasteiger partial charge < -0.3 is 5.11 Å². The van der Waals surface area contributed by atoms with Crippen molar-refractivity contribution in [2.45, 2.75) is 25.2 Å². The summed E-state index contributed by atoms with van der Waals surface area (Å²) in [6.07, 6.45) is 0.301. The first-order valence-corrected chi connectivity index (χ1v) is 5.95. The van der Waals surface area contributed by atoms with Gasteiger partial charge in [0.15, 0.2) is 0 Å². The molecule has 102 valence electrons. The van der Waals surface area contributed by atoms with Gasteiger partial charge in [0.1, 0.15) is 11.6 Å². The number of aliphatic hydroxyl groups is 1. The van der Waals surface area contributed by atoms with Gasteiger partial charge in [-0.3, -0.25) is 14.9 Å². The molecule has 0 aliphatic carbocycles. The van der Waals surface area contributed by atoms with Crippen molar-refractivity contribution in [3.8, 4) is 0 Å². The van der Waals surface area contributed by atoms with Gasteiger partial charge in [-0.25, -0.2) is 8.78 Å². The third-order valence-corrected chi connectivity index (χ3v) is 3.13. The molecule has 4 nitrogen and oxygen atoms in total. The van der Waals surface area contributed by atoms with E-state index in [9.17, 15) is 18.4 Å². The van der Waals surface area contributed by atoms with Crippen molar-refractivity contribution in [3.63, 3.8) is 0 Å². The Bertz CT molecular complexity index is 508. The lowest BCUT2D eigenvalue weighted by molar-refractivity contribution is -0.134. The Hall–Kier alpha value is -1.82. The van der Waals surface area contributed by atoms with E-state index in [4.69, 9.17) is 5.11 Å². The maximum atomic E-state index is 13.9. The maximum Gasteiger partial charge on any atom is 0.234 e. The van der Waals surface area contributed by atoms with Gasteiger partial charge >= 0.3 is 0 Å². The van der Waals surface area contributed by atoms with Crippen LogP contribution in [0.5, 0.6) is 0 Å². The van der Waals surface area contributed by atoms with Crippen molar-refractivity contribution in [3.05, 3.63) is 34.9 Å². The minimum Gasteiger partial charge on any atom is -0.396 e. The average molecular weight is 269 g/mol. The first-order chi connectivity index (χ1) is 9.02. The molecule has 0 saturated carbocycles. The summed E-state index contributed by atoms with van der Waals surface area (Å²) >= 11 is 0. The van der Waals surface area contributed by atoms with Crippen LogP contribution < -0.4 is 5.32 Å². The van der Waals surface area contributed by atoms with Crippen molar-refractivity contribution in [2.75, 3.05) is 6.61 Å². The zero-order valence-corrected chi connectivity index (χ0v) is 10.1. The highest BCUT2D eigenvalue weighted by molar-refractivity contribution is 6.00. The molecular formula is C13H13F2NO3. The summed E-state index contributed by atoms with van der Waals surface area (Å²) in [5, 5.41) is 10.8. The molecule has 1 aromatic rings. The summed E-state index contributed by atoms with van der Waals surface area (Å²) in [4.78, 5) is 22.6. The van der Waals surface area contributed by atoms with Gasteiger partial charge in [-0.1, -0.05) is 0 Å². The molecule has 0 aromatic heterocycles. The molecule has 19 heavy (non-hydrogen) atoms. The quantitative estimate of drug-likeness (QED) is 0.805. The highest BCUT2D eigenvalue weighted by atomic mass is 19.1. The second-order valence-corrected chi connectivity index (χ2v) is 4.45. The third kappa shape index (κ3) is 2.78. The van der Waals surface area contributed by atoms with E-state index in [0.717, 1.165) is 12.1 Å². The number of halogens is 2. The first-order valence-electron chi connectivity index (χ1n) is 5.95. The van der Waals surface area contributed by atoms with E-state index in [-0.39, 0.29) is 31.4 Å². The summed E-state index contributed by atoms with van der Waals surface area (Å²) < 4.78 is 27.8. The summed E-state index contributed by atoms with van der Waals surface area (Å²) in [7, 11) is 0. The molecule has 1 aliphatic rings. The molecule has 0 spiro atoms. The zero-order valence-electron chi connectivity index (χ0n) is 10.1. The largest absolute Gasteiger partial charge is 0.396 e. The lowest BCUT2D eigenvalue weighted by Gasteiger charge is -2.22. The van der Waals surface area contributed by atoms with Gasteiger partial charge in [-0.2, -0.15) is 0 Å². The van der Waals surface area contributed by atoms with Gasteiger partial charge in [-0.15, -0.1) is 0 Å². The van der Waals surface area contributed by atoms with E-state index in [1.165, 1.54) is 0 Å². The highest BCUT2D eigenvalue weighted by Gasteiger charge is 2.32. The van der Waals surface area contributed by atoms with Crippen molar-refractivity contribution in [1.82, 2.24) is 5.32 Å². The minimum absolute atomic E-state index is 0.0632. The number of carbonyl (C=O) groups excluding carboxylic acids is 2. The second kappa shape index (κ2) is 5.44. The molecule has 2 amide bonds. The number of hydrogen-bond donors (Lipinski definition) is 2. The molecule has 1 aliphatic heterocycles. The van der Waals surface area contributed by atoms with Crippen LogP contribution in [0.25, 0.3) is 0 Å². The topological polar surface area (TPSA) is 66.4 Å². The lowest BCUT2D eigenvalue weighted by Crippen LogP contribution is -2.40. The van der Waals surface area contributed by atoms with Crippen LogP contribution in [-0.2, 0) is 16.0 Å². The van der Waals surface area contributed by atoms with Crippen LogP contribution in [0.1, 0.15) is 29.9 Å². The van der Waals surface area contributed by atoms with E-state index in [1.807, 2.05) is 0 Å². The molecule has 0 radical (unpaired) electrons. The maximum absolute atomic E-state index is 13.9. The fraction of sp³-hybridized carbons (Fsp3) is 0.385. The fourth-order valence-corrected chi connectivity index (χ4v) is 2.21. The number of rotatable bonds is 3. The predicted octanol–water partition coefficient (Wildman–Crippen LogP) is 1.02. The molecule has 2 N–H and O–H groups in total. The molecule has 1 saturated heterocycles. The average Bonchev–Trinajstić information content (AvgIpc) is 2.31. The minimum atomic E-state index is -0.985. The van der Waals surface area contributed by atoms with Crippen LogP contribution in [-0.4, -0.2) is 23.5 Å². The Morgan fingerprint density at radius 1 is 1.26 bits per heavy atom. The van der Waals surface area contributed by atoms with Gasteiger partial charge in [0.25, 0.3) is 0 Å². The van der Waals surface area contributed by atoms with Crippen LogP contribution in [0.3, 0.4) is 0 Å². The summed E-state index contributed by atoms with van der Waals surface area (Å²) in [5.41, 5.74) is 0.0141. The number of hydrogen-bond acceptors (Lipinski definition) is 3. The van der Waals surface area contributed by atoms with Crippen LogP contribution in [0.15, 0.2) is 12.1 Å². The molecule has 2 rings (SSSR count). The first kappa shape index (κ1) is 13.6. The fourth-order valence-electron chi connectivity index (χ4n) is 2.21. The Morgan fingerprint density at radius 3 is 2.42 bits per heavy atom. The Kier molecular flexibility index (Phi) is 3.90. The van der Waals surface area contributed by atoms with Crippen LogP contribution >= 0.6 is 0 Å². The highest BCUT2D eigenvalue weighted by Crippen LogP contribution is 2.30. The molecule has 0 bridgehead atoms. The van der Waals surface area contributed by atoms with Crippen LogP contribution in [0.4, 0.5) is 8.78 Å². The van der Waals surface area contributed by atoms with Crippen LogP contribution in [0, 0.1) is 11.6 Å². The summed E-state index contributed by atoms with van der Waals surface area (Å²) in [5.74, 6) is -3.74. The van der Waals surface area contributed by atoms with Gasteiger partial charge in [0.05, 0.1) is 5.92 Å². The monoisotopic (exact) mass is 269 g/mol. The van der Waals surface area contributed by atoms with Crippen LogP contribution in [0.2, 0.25) is 0 Å². The van der Waals surface area contributed by atoms with E-state index in [1.54, 1.807) is 0 Å². The Balaban J connectivity index is 2.34. The number of aliphatic hydroxyl groups excluding tert-OH is 1. The van der Waals surface area contributed by atoms with Gasteiger partial charge in [-0.05, 0) is 30.5 Å². The molecule has 1 atom stereocenters. The normalized spacial score (nSPS) is 19.4. The molecule has 1 fully saturated rings. The number of amides is 2. The molecule has 0 unspecified atom stereocenters. The van der Waals surface area contributed by atoms with E-state index < -0.39 is 29.4 Å². The molecular weight excluding hydrogens is 256 g/mol. The SMILES string of the molecule is O=C1CC[C@@H](c2c(F)cc(CCO)cc2F)C(=O)N1.